The molecule has 0 spiro atoms. The Labute approximate surface area is 244 Å². The first-order valence-corrected chi connectivity index (χ1v) is 12.7. The first-order chi connectivity index (χ1) is 19.9. The molecule has 8 nitrogen and oxygen atoms in total. The predicted molar refractivity (Wildman–Crippen MR) is 159 cm³/mol. The van der Waals surface area contributed by atoms with Gasteiger partial charge < -0.3 is 18.9 Å². The molecule has 0 fully saturated rings. The van der Waals surface area contributed by atoms with Crippen molar-refractivity contribution < 1.29 is 38.1 Å². The zero-order chi connectivity index (χ0) is 31.0. The predicted octanol–water partition coefficient (Wildman–Crippen LogP) is 6.73. The van der Waals surface area contributed by atoms with E-state index in [4.69, 9.17) is 18.9 Å². The summed E-state index contributed by atoms with van der Waals surface area (Å²) in [6.07, 6.45) is 2.32. The van der Waals surface area contributed by atoms with Crippen LogP contribution in [0.25, 0.3) is 16.7 Å². The normalized spacial score (nSPS) is 10.7. The first kappa shape index (κ1) is 31.0. The summed E-state index contributed by atoms with van der Waals surface area (Å²) in [5.41, 5.74) is 3.89. The minimum atomic E-state index is -0.670. The van der Waals surface area contributed by atoms with Crippen LogP contribution >= 0.6 is 0 Å². The molecule has 0 heterocycles. The zero-order valence-corrected chi connectivity index (χ0v) is 23.8. The molecule has 8 heteroatoms. The quantitative estimate of drug-likeness (QED) is 0.151. The van der Waals surface area contributed by atoms with Crippen molar-refractivity contribution in [2.24, 2.45) is 0 Å². The Bertz CT molecular complexity index is 1610. The Morgan fingerprint density at radius 3 is 1.62 bits per heavy atom. The van der Waals surface area contributed by atoms with Gasteiger partial charge in [-0.1, -0.05) is 31.9 Å². The van der Waals surface area contributed by atoms with E-state index in [1.54, 1.807) is 50.2 Å². The standard InChI is InChI=1S/C34H30O8/c1-8-31(35)42-30-19-28(24-9-11-26(12-10-24)40-33(37)20(2)3)22(6)17-29(30)23(7)18-32(36)39-25-13-15-27(16-14-25)41-34(38)21(4)5/h8-19H,1-2,4H2,3,5-7H3/b23-18+. The lowest BCUT2D eigenvalue weighted by Crippen LogP contribution is -2.09. The summed E-state index contributed by atoms with van der Waals surface area (Å²) >= 11 is 0. The fraction of sp³-hybridized carbons (Fsp3) is 0.118. The maximum absolute atomic E-state index is 12.7. The van der Waals surface area contributed by atoms with E-state index in [0.717, 1.165) is 22.8 Å². The molecule has 3 rings (SSSR count). The number of hydrogen-bond acceptors (Lipinski definition) is 8. The highest BCUT2D eigenvalue weighted by Gasteiger charge is 2.16. The summed E-state index contributed by atoms with van der Waals surface area (Å²) in [5, 5.41) is 0. The van der Waals surface area contributed by atoms with Crippen LogP contribution in [0.4, 0.5) is 0 Å². The van der Waals surface area contributed by atoms with Gasteiger partial charge in [-0.2, -0.15) is 0 Å². The molecule has 0 aromatic heterocycles. The van der Waals surface area contributed by atoms with Crippen LogP contribution in [0.3, 0.4) is 0 Å². The van der Waals surface area contributed by atoms with Crippen LogP contribution in [0, 0.1) is 6.92 Å². The highest BCUT2D eigenvalue weighted by molar-refractivity contribution is 5.94. The van der Waals surface area contributed by atoms with Crippen molar-refractivity contribution in [3.8, 4) is 34.1 Å². The van der Waals surface area contributed by atoms with Gasteiger partial charge >= 0.3 is 23.9 Å². The molecule has 42 heavy (non-hydrogen) atoms. The van der Waals surface area contributed by atoms with Gasteiger partial charge in [-0.3, -0.25) is 0 Å². The second-order valence-electron chi connectivity index (χ2n) is 9.37. The maximum atomic E-state index is 12.7. The van der Waals surface area contributed by atoms with Crippen molar-refractivity contribution in [3.05, 3.63) is 115 Å². The minimum Gasteiger partial charge on any atom is -0.423 e. The lowest BCUT2D eigenvalue weighted by molar-refractivity contribution is -0.131. The number of carbonyl (C=O) groups excluding carboxylic acids is 4. The third kappa shape index (κ3) is 8.25. The molecule has 0 atom stereocenters. The summed E-state index contributed by atoms with van der Waals surface area (Å²) in [7, 11) is 0. The second-order valence-corrected chi connectivity index (χ2v) is 9.37. The third-order valence-electron chi connectivity index (χ3n) is 5.79. The van der Waals surface area contributed by atoms with E-state index in [-0.39, 0.29) is 28.4 Å². The molecule has 0 N–H and O–H groups in total. The van der Waals surface area contributed by atoms with E-state index in [2.05, 4.69) is 19.7 Å². The first-order valence-electron chi connectivity index (χ1n) is 12.7. The number of esters is 4. The second kappa shape index (κ2) is 13.7. The van der Waals surface area contributed by atoms with Crippen LogP contribution in [0.2, 0.25) is 0 Å². The summed E-state index contributed by atoms with van der Waals surface area (Å²) in [5.74, 6) is -1.33. The molecule has 0 aliphatic rings. The van der Waals surface area contributed by atoms with Gasteiger partial charge in [-0.25, -0.2) is 19.2 Å². The molecule has 0 amide bonds. The zero-order valence-electron chi connectivity index (χ0n) is 23.8. The molecule has 3 aromatic carbocycles. The number of rotatable bonds is 10. The van der Waals surface area contributed by atoms with E-state index in [9.17, 15) is 19.2 Å². The number of benzene rings is 3. The van der Waals surface area contributed by atoms with Gasteiger partial charge in [0.1, 0.15) is 23.0 Å². The van der Waals surface area contributed by atoms with E-state index >= 15 is 0 Å². The largest absolute Gasteiger partial charge is 0.423 e. The van der Waals surface area contributed by atoms with Gasteiger partial charge in [-0.15, -0.1) is 0 Å². The number of carbonyl (C=O) groups is 4. The van der Waals surface area contributed by atoms with Gasteiger partial charge in [0, 0.05) is 28.9 Å². The van der Waals surface area contributed by atoms with Crippen LogP contribution in [-0.4, -0.2) is 23.9 Å². The molecule has 0 bridgehead atoms. The van der Waals surface area contributed by atoms with Crippen LogP contribution in [-0.2, 0) is 19.2 Å². The van der Waals surface area contributed by atoms with Gasteiger partial charge in [0.2, 0.25) is 0 Å². The average Bonchev–Trinajstić information content (AvgIpc) is 2.94. The number of hydrogen-bond donors (Lipinski definition) is 0. The van der Waals surface area contributed by atoms with Crippen LogP contribution in [0.15, 0.2) is 104 Å². The third-order valence-corrected chi connectivity index (χ3v) is 5.79. The van der Waals surface area contributed by atoms with E-state index in [0.29, 0.717) is 16.9 Å². The minimum absolute atomic E-state index is 0.212. The molecule has 0 saturated carbocycles. The highest BCUT2D eigenvalue weighted by atomic mass is 16.5. The Morgan fingerprint density at radius 1 is 0.667 bits per heavy atom. The van der Waals surface area contributed by atoms with Crippen molar-refractivity contribution in [1.82, 2.24) is 0 Å². The molecular formula is C34H30O8. The summed E-state index contributed by atoms with van der Waals surface area (Å²) in [6.45, 7) is 17.2. The van der Waals surface area contributed by atoms with E-state index in [1.807, 2.05) is 6.92 Å². The Balaban J connectivity index is 1.86. The molecule has 0 saturated heterocycles. The van der Waals surface area contributed by atoms with Crippen molar-refractivity contribution in [2.45, 2.75) is 27.7 Å². The lowest BCUT2D eigenvalue weighted by Gasteiger charge is -2.15. The number of allylic oxidation sites excluding steroid dienone is 1. The monoisotopic (exact) mass is 566 g/mol. The summed E-state index contributed by atoms with van der Waals surface area (Å²) in [4.78, 5) is 48.3. The Kier molecular flexibility index (Phi) is 10.1. The molecule has 0 unspecified atom stereocenters. The fourth-order valence-electron chi connectivity index (χ4n) is 3.61. The lowest BCUT2D eigenvalue weighted by atomic mass is 9.95. The van der Waals surface area contributed by atoms with E-state index < -0.39 is 23.9 Å². The average molecular weight is 567 g/mol. The summed E-state index contributed by atoms with van der Waals surface area (Å²) in [6, 6.07) is 16.3. The van der Waals surface area contributed by atoms with Gasteiger partial charge in [0.15, 0.2) is 0 Å². The van der Waals surface area contributed by atoms with Crippen molar-refractivity contribution in [3.63, 3.8) is 0 Å². The SMILES string of the molecule is C=CC(=O)Oc1cc(-c2ccc(OC(=O)C(=C)C)cc2)c(C)cc1/C(C)=C/C(=O)Oc1ccc(OC(=O)C(=C)C)cc1. The van der Waals surface area contributed by atoms with Crippen molar-refractivity contribution in [2.75, 3.05) is 0 Å². The highest BCUT2D eigenvalue weighted by Crippen LogP contribution is 2.35. The van der Waals surface area contributed by atoms with E-state index in [1.165, 1.54) is 37.3 Å². The number of aryl methyl sites for hydroxylation is 1. The van der Waals surface area contributed by atoms with Crippen molar-refractivity contribution in [1.29, 1.82) is 0 Å². The molecule has 214 valence electrons. The van der Waals surface area contributed by atoms with Crippen LogP contribution < -0.4 is 18.9 Å². The van der Waals surface area contributed by atoms with Crippen LogP contribution in [0.5, 0.6) is 23.0 Å². The van der Waals surface area contributed by atoms with Crippen LogP contribution in [0.1, 0.15) is 31.9 Å². The van der Waals surface area contributed by atoms with Gasteiger partial charge in [-0.05, 0) is 98.5 Å². The molecule has 3 aromatic rings. The summed E-state index contributed by atoms with van der Waals surface area (Å²) < 4.78 is 21.3. The smallest absolute Gasteiger partial charge is 0.338 e. The van der Waals surface area contributed by atoms with Gasteiger partial charge in [0.25, 0.3) is 0 Å². The molecule has 0 radical (unpaired) electrons. The maximum Gasteiger partial charge on any atom is 0.338 e. The Morgan fingerprint density at radius 2 is 1.14 bits per heavy atom. The van der Waals surface area contributed by atoms with Crippen molar-refractivity contribution >= 4 is 29.5 Å². The molecule has 0 aliphatic heterocycles. The topological polar surface area (TPSA) is 105 Å². The van der Waals surface area contributed by atoms with Gasteiger partial charge in [0.05, 0.1) is 0 Å². The molecular weight excluding hydrogens is 536 g/mol. The molecule has 0 aliphatic carbocycles. The number of ether oxygens (including phenoxy) is 4. The fourth-order valence-corrected chi connectivity index (χ4v) is 3.61. The Hall–Kier alpha value is -5.50.